The molecule has 0 aliphatic heterocycles. The normalized spacial score (nSPS) is 9.82. The number of hydrogen-bond donors (Lipinski definition) is 1. The van der Waals surface area contributed by atoms with Crippen molar-refractivity contribution in [3.63, 3.8) is 0 Å². The maximum atomic E-state index is 13.7. The van der Waals surface area contributed by atoms with E-state index < -0.39 is 11.8 Å². The van der Waals surface area contributed by atoms with Crippen LogP contribution in [0.15, 0.2) is 36.5 Å². The highest BCUT2D eigenvalue weighted by atomic mass is 35.5. The van der Waals surface area contributed by atoms with Gasteiger partial charge in [0.1, 0.15) is 5.82 Å². The number of halogens is 3. The number of nitrogens with zero attached hydrogens (tertiary/aromatic N) is 1. The molecule has 0 aliphatic carbocycles. The number of rotatable bonds is 2. The molecule has 2 rings (SSSR count). The largest absolute Gasteiger partial charge is 0.326 e. The van der Waals surface area contributed by atoms with Crippen LogP contribution in [0, 0.1) is 11.8 Å². The van der Waals surface area contributed by atoms with Crippen molar-refractivity contribution in [3.05, 3.63) is 53.9 Å². The Kier molecular flexibility index (Phi) is 4.54. The predicted molar refractivity (Wildman–Crippen MR) is 64.7 cm³/mol. The van der Waals surface area contributed by atoms with Crippen LogP contribution in [0.4, 0.5) is 8.78 Å². The van der Waals surface area contributed by atoms with Crippen LogP contribution in [-0.2, 0) is 6.54 Å². The third-order valence-corrected chi connectivity index (χ3v) is 2.31. The first-order chi connectivity index (χ1) is 7.70. The summed E-state index contributed by atoms with van der Waals surface area (Å²) in [6.07, 6.45) is 1.31. The fraction of sp³-hybridized carbons (Fsp3) is 0.0833. The lowest BCUT2D eigenvalue weighted by Gasteiger charge is -2.05. The Morgan fingerprint density at radius 3 is 2.47 bits per heavy atom. The highest BCUT2D eigenvalue weighted by molar-refractivity contribution is 5.85. The average Bonchev–Trinajstić information content (AvgIpc) is 2.28. The monoisotopic (exact) mass is 256 g/mol. The van der Waals surface area contributed by atoms with E-state index in [0.29, 0.717) is 16.7 Å². The molecule has 5 heteroatoms. The van der Waals surface area contributed by atoms with E-state index in [2.05, 4.69) is 4.98 Å². The standard InChI is InChI=1S/C12H10F2N2.ClH/c13-11-5-8(7-15)1-2-10(11)9-3-4-16-12(14)6-9;/h1-6H,7,15H2;1H. The fourth-order valence-electron chi connectivity index (χ4n) is 1.49. The molecule has 0 amide bonds. The molecule has 0 saturated heterocycles. The number of aromatic nitrogens is 1. The third kappa shape index (κ3) is 2.99. The first-order valence-electron chi connectivity index (χ1n) is 4.81. The van der Waals surface area contributed by atoms with Crippen molar-refractivity contribution in [2.24, 2.45) is 5.73 Å². The minimum atomic E-state index is -0.625. The van der Waals surface area contributed by atoms with Crippen LogP contribution in [0.5, 0.6) is 0 Å². The van der Waals surface area contributed by atoms with Gasteiger partial charge in [0.15, 0.2) is 0 Å². The second-order valence-electron chi connectivity index (χ2n) is 3.39. The summed E-state index contributed by atoms with van der Waals surface area (Å²) in [6, 6.07) is 7.42. The molecule has 0 saturated carbocycles. The minimum Gasteiger partial charge on any atom is -0.326 e. The van der Waals surface area contributed by atoms with E-state index >= 15 is 0 Å². The summed E-state index contributed by atoms with van der Waals surface area (Å²) in [4.78, 5) is 3.42. The van der Waals surface area contributed by atoms with Gasteiger partial charge in [-0.1, -0.05) is 12.1 Å². The summed E-state index contributed by atoms with van der Waals surface area (Å²) in [5.41, 5.74) is 6.91. The Balaban J connectivity index is 0.00000144. The van der Waals surface area contributed by atoms with Gasteiger partial charge in [-0.3, -0.25) is 0 Å². The molecule has 0 radical (unpaired) electrons. The van der Waals surface area contributed by atoms with Gasteiger partial charge < -0.3 is 5.73 Å². The third-order valence-electron chi connectivity index (χ3n) is 2.31. The lowest BCUT2D eigenvalue weighted by molar-refractivity contribution is 0.584. The van der Waals surface area contributed by atoms with E-state index in [1.807, 2.05) is 0 Å². The molecular weight excluding hydrogens is 246 g/mol. The summed E-state index contributed by atoms with van der Waals surface area (Å²) in [6.45, 7) is 0.280. The number of benzene rings is 1. The van der Waals surface area contributed by atoms with Crippen molar-refractivity contribution < 1.29 is 8.78 Å². The Hall–Kier alpha value is -1.52. The molecule has 17 heavy (non-hydrogen) atoms. The van der Waals surface area contributed by atoms with Gasteiger partial charge in [-0.25, -0.2) is 9.37 Å². The topological polar surface area (TPSA) is 38.9 Å². The van der Waals surface area contributed by atoms with E-state index in [4.69, 9.17) is 5.73 Å². The maximum absolute atomic E-state index is 13.7. The molecule has 2 aromatic rings. The molecule has 2 N–H and O–H groups in total. The smallest absolute Gasteiger partial charge is 0.213 e. The molecule has 2 nitrogen and oxygen atoms in total. The summed E-state index contributed by atoms with van der Waals surface area (Å²) in [5, 5.41) is 0. The number of nitrogens with two attached hydrogens (primary N) is 1. The number of hydrogen-bond acceptors (Lipinski definition) is 2. The van der Waals surface area contributed by atoms with Crippen LogP contribution < -0.4 is 5.73 Å². The number of pyridine rings is 1. The quantitative estimate of drug-likeness (QED) is 0.839. The lowest BCUT2D eigenvalue weighted by Crippen LogP contribution is -1.97. The van der Waals surface area contributed by atoms with E-state index in [1.54, 1.807) is 18.2 Å². The van der Waals surface area contributed by atoms with E-state index in [-0.39, 0.29) is 19.0 Å². The summed E-state index contributed by atoms with van der Waals surface area (Å²) in [7, 11) is 0. The van der Waals surface area contributed by atoms with Gasteiger partial charge in [0, 0.05) is 24.4 Å². The zero-order valence-corrected chi connectivity index (χ0v) is 9.68. The van der Waals surface area contributed by atoms with Gasteiger partial charge in [-0.2, -0.15) is 4.39 Å². The van der Waals surface area contributed by atoms with Crippen LogP contribution >= 0.6 is 12.4 Å². The van der Waals surface area contributed by atoms with Crippen LogP contribution in [0.1, 0.15) is 5.56 Å². The Morgan fingerprint density at radius 1 is 1.12 bits per heavy atom. The van der Waals surface area contributed by atoms with Crippen LogP contribution in [0.2, 0.25) is 0 Å². The minimum absolute atomic E-state index is 0. The lowest BCUT2D eigenvalue weighted by atomic mass is 10.0. The van der Waals surface area contributed by atoms with Crippen LogP contribution in [0.3, 0.4) is 0 Å². The van der Waals surface area contributed by atoms with E-state index in [9.17, 15) is 8.78 Å². The zero-order chi connectivity index (χ0) is 11.5. The van der Waals surface area contributed by atoms with Crippen molar-refractivity contribution in [1.29, 1.82) is 0 Å². The molecule has 0 atom stereocenters. The first-order valence-corrected chi connectivity index (χ1v) is 4.81. The molecule has 90 valence electrons. The molecule has 0 aliphatic rings. The molecular formula is C12H11ClF2N2. The summed E-state index contributed by atoms with van der Waals surface area (Å²) >= 11 is 0. The summed E-state index contributed by atoms with van der Waals surface area (Å²) < 4.78 is 26.5. The van der Waals surface area contributed by atoms with Gasteiger partial charge in [0.05, 0.1) is 0 Å². The molecule has 0 fully saturated rings. The fourth-order valence-corrected chi connectivity index (χ4v) is 1.49. The maximum Gasteiger partial charge on any atom is 0.213 e. The zero-order valence-electron chi connectivity index (χ0n) is 8.86. The van der Waals surface area contributed by atoms with E-state index in [1.165, 1.54) is 18.3 Å². The summed E-state index contributed by atoms with van der Waals surface area (Å²) in [5.74, 6) is -1.03. The molecule has 0 unspecified atom stereocenters. The highest BCUT2D eigenvalue weighted by Crippen LogP contribution is 2.23. The van der Waals surface area contributed by atoms with Gasteiger partial charge in [0.25, 0.3) is 0 Å². The van der Waals surface area contributed by atoms with Crippen molar-refractivity contribution in [2.75, 3.05) is 0 Å². The van der Waals surface area contributed by atoms with Gasteiger partial charge in [-0.15, -0.1) is 12.4 Å². The first kappa shape index (κ1) is 13.5. The molecule has 1 aromatic heterocycles. The molecule has 1 heterocycles. The van der Waals surface area contributed by atoms with Crippen LogP contribution in [-0.4, -0.2) is 4.98 Å². The Bertz CT molecular complexity index is 518. The van der Waals surface area contributed by atoms with Gasteiger partial charge in [-0.05, 0) is 23.3 Å². The predicted octanol–water partition coefficient (Wildman–Crippen LogP) is 2.91. The van der Waals surface area contributed by atoms with Gasteiger partial charge in [0.2, 0.25) is 5.95 Å². The second kappa shape index (κ2) is 5.70. The van der Waals surface area contributed by atoms with Crippen molar-refractivity contribution >= 4 is 12.4 Å². The molecule has 0 bridgehead atoms. The van der Waals surface area contributed by atoms with Crippen molar-refractivity contribution in [1.82, 2.24) is 4.98 Å². The van der Waals surface area contributed by atoms with Crippen molar-refractivity contribution in [2.45, 2.75) is 6.54 Å². The Labute approximate surface area is 104 Å². The molecule has 0 spiro atoms. The van der Waals surface area contributed by atoms with E-state index in [0.717, 1.165) is 0 Å². The Morgan fingerprint density at radius 2 is 1.88 bits per heavy atom. The average molecular weight is 257 g/mol. The van der Waals surface area contributed by atoms with Gasteiger partial charge >= 0.3 is 0 Å². The molecule has 1 aromatic carbocycles. The highest BCUT2D eigenvalue weighted by Gasteiger charge is 2.06. The SMILES string of the molecule is Cl.NCc1ccc(-c2ccnc(F)c2)c(F)c1. The van der Waals surface area contributed by atoms with Crippen molar-refractivity contribution in [3.8, 4) is 11.1 Å². The second-order valence-corrected chi connectivity index (χ2v) is 3.39. The van der Waals surface area contributed by atoms with Crippen LogP contribution in [0.25, 0.3) is 11.1 Å².